The van der Waals surface area contributed by atoms with Gasteiger partial charge in [-0.25, -0.2) is 4.68 Å². The van der Waals surface area contributed by atoms with Crippen molar-refractivity contribution in [2.24, 2.45) is 0 Å². The van der Waals surface area contributed by atoms with Crippen LogP contribution in [0.15, 0.2) is 78.9 Å². The fraction of sp³-hybridized carbons (Fsp3) is 0.0952. The summed E-state index contributed by atoms with van der Waals surface area (Å²) in [6.07, 6.45) is 0.162. The largest absolute Gasteiger partial charge is 0.294 e. The van der Waals surface area contributed by atoms with Crippen LogP contribution < -0.4 is 0 Å². The van der Waals surface area contributed by atoms with E-state index in [2.05, 4.69) is 10.3 Å². The van der Waals surface area contributed by atoms with E-state index >= 15 is 0 Å². The van der Waals surface area contributed by atoms with Crippen molar-refractivity contribution in [3.05, 3.63) is 100 Å². The Balaban J connectivity index is 1.70. The minimum absolute atomic E-state index is 0.0431. The van der Waals surface area contributed by atoms with Gasteiger partial charge in [0.05, 0.1) is 16.5 Å². The molecule has 0 bridgehead atoms. The van der Waals surface area contributed by atoms with Gasteiger partial charge in [-0.2, -0.15) is 0 Å². The Hall–Kier alpha value is -3.87. The van der Waals surface area contributed by atoms with Crippen molar-refractivity contribution >= 4 is 22.5 Å². The van der Waals surface area contributed by atoms with Crippen LogP contribution in [0, 0.1) is 10.1 Å². The molecule has 0 aliphatic carbocycles. The molecule has 4 rings (SSSR count). The number of carbonyl (C=O) groups is 1. The van der Waals surface area contributed by atoms with Gasteiger partial charge in [0, 0.05) is 24.1 Å². The van der Waals surface area contributed by atoms with E-state index in [0.29, 0.717) is 5.56 Å². The van der Waals surface area contributed by atoms with Crippen LogP contribution in [0.5, 0.6) is 0 Å². The Bertz CT molecular complexity index is 1140. The Labute approximate surface area is 160 Å². The summed E-state index contributed by atoms with van der Waals surface area (Å²) in [6, 6.07) is 22.6. The second-order valence-electron chi connectivity index (χ2n) is 6.38. The summed E-state index contributed by atoms with van der Waals surface area (Å²) in [5.74, 6) is -0.122. The lowest BCUT2D eigenvalue weighted by atomic mass is 9.97. The van der Waals surface area contributed by atoms with Crippen LogP contribution in [0.3, 0.4) is 0 Å². The number of hydrogen-bond acceptors (Lipinski definition) is 5. The third kappa shape index (κ3) is 3.37. The first kappa shape index (κ1) is 17.5. The lowest BCUT2D eigenvalue weighted by Crippen LogP contribution is -2.17. The second kappa shape index (κ2) is 7.40. The van der Waals surface area contributed by atoms with Crippen molar-refractivity contribution < 1.29 is 9.72 Å². The highest BCUT2D eigenvalue weighted by molar-refractivity contribution is 5.96. The van der Waals surface area contributed by atoms with Crippen molar-refractivity contribution in [2.45, 2.75) is 12.5 Å². The van der Waals surface area contributed by atoms with E-state index in [-0.39, 0.29) is 23.9 Å². The molecule has 0 saturated carbocycles. The molecule has 28 heavy (non-hydrogen) atoms. The monoisotopic (exact) mass is 372 g/mol. The van der Waals surface area contributed by atoms with Gasteiger partial charge in [0.1, 0.15) is 5.52 Å². The molecule has 138 valence electrons. The summed E-state index contributed by atoms with van der Waals surface area (Å²) < 4.78 is 1.76. The lowest BCUT2D eigenvalue weighted by Gasteiger charge is -2.18. The van der Waals surface area contributed by atoms with Crippen molar-refractivity contribution in [3.8, 4) is 0 Å². The maximum atomic E-state index is 12.9. The van der Waals surface area contributed by atoms with Gasteiger partial charge in [0.15, 0.2) is 5.78 Å². The standard InChI is InChI=1S/C21H16N4O3/c26-21(16-10-12-17(13-11-16)25(27)28)14-20(15-6-2-1-3-7-15)24-19-9-5-4-8-18(19)22-23-24/h1-13,20H,14H2/t20-/m1/s1. The third-order valence-corrected chi connectivity index (χ3v) is 4.64. The quantitative estimate of drug-likeness (QED) is 0.287. The first-order chi connectivity index (χ1) is 13.6. The number of benzene rings is 3. The zero-order valence-electron chi connectivity index (χ0n) is 14.8. The fourth-order valence-electron chi connectivity index (χ4n) is 3.20. The van der Waals surface area contributed by atoms with Gasteiger partial charge in [-0.3, -0.25) is 14.9 Å². The zero-order valence-corrected chi connectivity index (χ0v) is 14.8. The summed E-state index contributed by atoms with van der Waals surface area (Å²) in [4.78, 5) is 23.3. The predicted molar refractivity (Wildman–Crippen MR) is 104 cm³/mol. The molecule has 0 radical (unpaired) electrons. The molecule has 7 heteroatoms. The molecule has 1 atom stereocenters. The van der Waals surface area contributed by atoms with Gasteiger partial charge < -0.3 is 0 Å². The maximum absolute atomic E-state index is 12.9. The molecule has 0 aliphatic heterocycles. The number of nitro groups is 1. The number of aromatic nitrogens is 3. The maximum Gasteiger partial charge on any atom is 0.269 e. The number of carbonyl (C=O) groups excluding carboxylic acids is 1. The predicted octanol–water partition coefficient (Wildman–Crippen LogP) is 4.20. The SMILES string of the molecule is O=C(C[C@H](c1ccccc1)n1nnc2ccccc21)c1ccc([N+](=O)[O-])cc1. The number of para-hydroxylation sites is 1. The molecule has 7 nitrogen and oxygen atoms in total. The average molecular weight is 372 g/mol. The van der Waals surface area contributed by atoms with Gasteiger partial charge in [-0.1, -0.05) is 47.7 Å². The first-order valence-electron chi connectivity index (χ1n) is 8.76. The number of ketones is 1. The number of non-ortho nitro benzene ring substituents is 1. The summed E-state index contributed by atoms with van der Waals surface area (Å²) in [5.41, 5.74) is 2.92. The van der Waals surface area contributed by atoms with Crippen LogP contribution in [0.1, 0.15) is 28.4 Å². The molecular weight excluding hydrogens is 356 g/mol. The normalized spacial score (nSPS) is 12.0. The minimum atomic E-state index is -0.484. The molecule has 0 spiro atoms. The number of nitro benzene ring substituents is 1. The molecule has 0 N–H and O–H groups in total. The molecule has 3 aromatic carbocycles. The number of nitrogens with zero attached hydrogens (tertiary/aromatic N) is 4. The molecular formula is C21H16N4O3. The van der Waals surface area contributed by atoms with Crippen molar-refractivity contribution in [3.63, 3.8) is 0 Å². The fourth-order valence-corrected chi connectivity index (χ4v) is 3.20. The molecule has 0 amide bonds. The van der Waals surface area contributed by atoms with E-state index < -0.39 is 4.92 Å². The number of rotatable bonds is 6. The molecule has 1 aromatic heterocycles. The van der Waals surface area contributed by atoms with Crippen LogP contribution in [0.25, 0.3) is 11.0 Å². The lowest BCUT2D eigenvalue weighted by molar-refractivity contribution is -0.384. The zero-order chi connectivity index (χ0) is 19.5. The van der Waals surface area contributed by atoms with Crippen LogP contribution in [0.4, 0.5) is 5.69 Å². The Morgan fingerprint density at radius 2 is 1.64 bits per heavy atom. The van der Waals surface area contributed by atoms with E-state index in [4.69, 9.17) is 0 Å². The van der Waals surface area contributed by atoms with Crippen LogP contribution in [-0.2, 0) is 0 Å². The molecule has 0 unspecified atom stereocenters. The van der Waals surface area contributed by atoms with Gasteiger partial charge in [-0.05, 0) is 29.8 Å². The molecule has 0 fully saturated rings. The van der Waals surface area contributed by atoms with Crippen molar-refractivity contribution in [2.75, 3.05) is 0 Å². The van der Waals surface area contributed by atoms with E-state index in [9.17, 15) is 14.9 Å². The van der Waals surface area contributed by atoms with E-state index in [0.717, 1.165) is 16.6 Å². The third-order valence-electron chi connectivity index (χ3n) is 4.64. The number of fused-ring (bicyclic) bond motifs is 1. The molecule has 4 aromatic rings. The summed E-state index contributed by atoms with van der Waals surface area (Å²) >= 11 is 0. The van der Waals surface area contributed by atoms with E-state index in [1.807, 2.05) is 54.6 Å². The average Bonchev–Trinajstić information content (AvgIpc) is 3.16. The summed E-state index contributed by atoms with van der Waals surface area (Å²) in [5, 5.41) is 19.3. The topological polar surface area (TPSA) is 90.9 Å². The van der Waals surface area contributed by atoms with Crippen molar-refractivity contribution in [1.29, 1.82) is 0 Å². The van der Waals surface area contributed by atoms with Gasteiger partial charge in [-0.15, -0.1) is 5.10 Å². The Kier molecular flexibility index (Phi) is 4.63. The molecule has 0 saturated heterocycles. The van der Waals surface area contributed by atoms with E-state index in [1.165, 1.54) is 24.3 Å². The molecule has 1 heterocycles. The highest BCUT2D eigenvalue weighted by Gasteiger charge is 2.22. The van der Waals surface area contributed by atoms with Crippen LogP contribution in [-0.4, -0.2) is 25.7 Å². The number of Topliss-reactive ketones (excluding diaryl/α,β-unsaturated/α-hetero) is 1. The Morgan fingerprint density at radius 3 is 2.36 bits per heavy atom. The summed E-state index contributed by atoms with van der Waals surface area (Å²) in [6.45, 7) is 0. The van der Waals surface area contributed by atoms with Crippen LogP contribution in [0.2, 0.25) is 0 Å². The molecule has 0 aliphatic rings. The first-order valence-corrected chi connectivity index (χ1v) is 8.76. The van der Waals surface area contributed by atoms with E-state index in [1.54, 1.807) is 4.68 Å². The smallest absolute Gasteiger partial charge is 0.269 e. The summed E-state index contributed by atoms with van der Waals surface area (Å²) in [7, 11) is 0. The van der Waals surface area contributed by atoms with Gasteiger partial charge in [0.25, 0.3) is 5.69 Å². The van der Waals surface area contributed by atoms with Gasteiger partial charge in [0.2, 0.25) is 0 Å². The number of hydrogen-bond donors (Lipinski definition) is 0. The minimum Gasteiger partial charge on any atom is -0.294 e. The van der Waals surface area contributed by atoms with Gasteiger partial charge >= 0.3 is 0 Å². The highest BCUT2D eigenvalue weighted by atomic mass is 16.6. The second-order valence-corrected chi connectivity index (χ2v) is 6.38. The highest BCUT2D eigenvalue weighted by Crippen LogP contribution is 2.27. The van der Waals surface area contributed by atoms with Crippen molar-refractivity contribution in [1.82, 2.24) is 15.0 Å². The van der Waals surface area contributed by atoms with Crippen LogP contribution >= 0.6 is 0 Å². The Morgan fingerprint density at radius 1 is 0.964 bits per heavy atom.